The van der Waals surface area contributed by atoms with E-state index < -0.39 is 5.91 Å². The summed E-state index contributed by atoms with van der Waals surface area (Å²) in [6.07, 6.45) is 4.81. The molecule has 1 aliphatic carbocycles. The fourth-order valence-electron chi connectivity index (χ4n) is 2.73. The van der Waals surface area contributed by atoms with Crippen molar-refractivity contribution in [2.75, 3.05) is 10.6 Å². The summed E-state index contributed by atoms with van der Waals surface area (Å²) in [4.78, 5) is 12.2. The van der Waals surface area contributed by atoms with E-state index in [2.05, 4.69) is 22.8 Å². The van der Waals surface area contributed by atoms with E-state index in [1.807, 2.05) is 12.1 Å². The van der Waals surface area contributed by atoms with Crippen molar-refractivity contribution in [2.45, 2.75) is 19.3 Å². The van der Waals surface area contributed by atoms with Crippen molar-refractivity contribution in [2.24, 2.45) is 0 Å². The second-order valence-corrected chi connectivity index (χ2v) is 6.05. The third kappa shape index (κ3) is 3.76. The molecule has 5 heteroatoms. The molecule has 1 amide bonds. The fourth-order valence-corrected chi connectivity index (χ4v) is 2.92. The zero-order valence-electron chi connectivity index (χ0n) is 13.0. The Morgan fingerprint density at radius 3 is 2.75 bits per heavy atom. The summed E-state index contributed by atoms with van der Waals surface area (Å²) in [6, 6.07) is 14.8. The third-order valence-electron chi connectivity index (χ3n) is 3.93. The highest BCUT2D eigenvalue weighted by molar-refractivity contribution is 6.31. The van der Waals surface area contributed by atoms with Gasteiger partial charge in [0.15, 0.2) is 0 Å². The molecule has 0 aromatic heterocycles. The lowest BCUT2D eigenvalue weighted by Crippen LogP contribution is -2.14. The molecule has 0 radical (unpaired) electrons. The largest absolute Gasteiger partial charge is 0.360 e. The Morgan fingerprint density at radius 2 is 1.96 bits per heavy atom. The summed E-state index contributed by atoms with van der Waals surface area (Å²) in [5, 5.41) is 15.4. The zero-order chi connectivity index (χ0) is 16.9. The van der Waals surface area contributed by atoms with Crippen molar-refractivity contribution in [3.63, 3.8) is 0 Å². The fraction of sp³-hybridized carbons (Fsp3) is 0.158. The van der Waals surface area contributed by atoms with E-state index in [1.54, 1.807) is 24.3 Å². The SMILES string of the molecule is N#C/C(=C\Nc1ccc2c(c1)CCC2)C(=O)Nc1cccc(Cl)c1. The maximum atomic E-state index is 12.2. The Labute approximate surface area is 145 Å². The van der Waals surface area contributed by atoms with Crippen LogP contribution in [0.25, 0.3) is 0 Å². The minimum absolute atomic E-state index is 0.00419. The van der Waals surface area contributed by atoms with E-state index >= 15 is 0 Å². The number of carbonyl (C=O) groups excluding carboxylic acids is 1. The predicted octanol–water partition coefficient (Wildman–Crippen LogP) is 4.29. The number of rotatable bonds is 4. The van der Waals surface area contributed by atoms with Crippen LogP contribution in [0.1, 0.15) is 17.5 Å². The molecule has 0 unspecified atom stereocenters. The zero-order valence-corrected chi connectivity index (χ0v) is 13.7. The first kappa shape index (κ1) is 16.1. The molecule has 3 rings (SSSR count). The number of halogens is 1. The lowest BCUT2D eigenvalue weighted by molar-refractivity contribution is -0.112. The molecular weight excluding hydrogens is 322 g/mol. The van der Waals surface area contributed by atoms with Crippen molar-refractivity contribution in [1.82, 2.24) is 0 Å². The molecule has 2 aromatic carbocycles. The van der Waals surface area contributed by atoms with Crippen LogP contribution in [0.4, 0.5) is 11.4 Å². The van der Waals surface area contributed by atoms with E-state index in [0.717, 1.165) is 18.5 Å². The van der Waals surface area contributed by atoms with Crippen molar-refractivity contribution >= 4 is 28.9 Å². The quantitative estimate of drug-likeness (QED) is 0.646. The van der Waals surface area contributed by atoms with Gasteiger partial charge in [-0.2, -0.15) is 5.26 Å². The van der Waals surface area contributed by atoms with Crippen LogP contribution in [-0.4, -0.2) is 5.91 Å². The smallest absolute Gasteiger partial charge is 0.267 e. The van der Waals surface area contributed by atoms with Gasteiger partial charge in [-0.1, -0.05) is 23.7 Å². The highest BCUT2D eigenvalue weighted by atomic mass is 35.5. The Hall–Kier alpha value is -2.77. The van der Waals surface area contributed by atoms with Crippen molar-refractivity contribution < 1.29 is 4.79 Å². The van der Waals surface area contributed by atoms with Gasteiger partial charge < -0.3 is 10.6 Å². The number of hydrogen-bond donors (Lipinski definition) is 2. The van der Waals surface area contributed by atoms with Crippen LogP contribution < -0.4 is 10.6 Å². The number of nitriles is 1. The van der Waals surface area contributed by atoms with E-state index in [4.69, 9.17) is 11.6 Å². The molecule has 0 spiro atoms. The number of fused-ring (bicyclic) bond motifs is 1. The number of nitrogens with one attached hydrogen (secondary N) is 2. The van der Waals surface area contributed by atoms with Gasteiger partial charge in [0, 0.05) is 22.6 Å². The molecule has 0 fully saturated rings. The summed E-state index contributed by atoms with van der Waals surface area (Å²) >= 11 is 5.89. The second kappa shape index (κ2) is 7.20. The number of benzene rings is 2. The van der Waals surface area contributed by atoms with Crippen molar-refractivity contribution in [3.8, 4) is 6.07 Å². The van der Waals surface area contributed by atoms with Crippen LogP contribution in [-0.2, 0) is 17.6 Å². The minimum Gasteiger partial charge on any atom is -0.360 e. The van der Waals surface area contributed by atoms with Crippen molar-refractivity contribution in [3.05, 3.63) is 70.4 Å². The van der Waals surface area contributed by atoms with Gasteiger partial charge in [0.1, 0.15) is 11.6 Å². The van der Waals surface area contributed by atoms with Crippen LogP contribution >= 0.6 is 11.6 Å². The van der Waals surface area contributed by atoms with Crippen LogP contribution in [0.2, 0.25) is 5.02 Å². The summed E-state index contributed by atoms with van der Waals surface area (Å²) < 4.78 is 0. The van der Waals surface area contributed by atoms with Gasteiger partial charge in [-0.3, -0.25) is 4.79 Å². The summed E-state index contributed by atoms with van der Waals surface area (Å²) in [5.41, 5.74) is 4.12. The van der Waals surface area contributed by atoms with Crippen molar-refractivity contribution in [1.29, 1.82) is 5.26 Å². The summed E-state index contributed by atoms with van der Waals surface area (Å²) in [7, 11) is 0. The van der Waals surface area contributed by atoms with E-state index in [0.29, 0.717) is 10.7 Å². The molecule has 0 aliphatic heterocycles. The molecule has 120 valence electrons. The Kier molecular flexibility index (Phi) is 4.83. The molecular formula is C19H16ClN3O. The first-order valence-electron chi connectivity index (χ1n) is 7.71. The number of amides is 1. The van der Waals surface area contributed by atoms with E-state index in [1.165, 1.54) is 23.7 Å². The first-order chi connectivity index (χ1) is 11.7. The molecule has 4 nitrogen and oxygen atoms in total. The monoisotopic (exact) mass is 337 g/mol. The Morgan fingerprint density at radius 1 is 1.12 bits per heavy atom. The van der Waals surface area contributed by atoms with Gasteiger partial charge in [-0.05, 0) is 60.7 Å². The maximum Gasteiger partial charge on any atom is 0.267 e. The molecule has 24 heavy (non-hydrogen) atoms. The Balaban J connectivity index is 1.70. The summed E-state index contributed by atoms with van der Waals surface area (Å²) in [6.45, 7) is 0. The molecule has 2 N–H and O–H groups in total. The summed E-state index contributed by atoms with van der Waals surface area (Å²) in [5.74, 6) is -0.478. The van der Waals surface area contributed by atoms with Gasteiger partial charge >= 0.3 is 0 Å². The van der Waals surface area contributed by atoms with Gasteiger partial charge in [0.05, 0.1) is 0 Å². The standard InChI is InChI=1S/C19H16ClN3O/c20-16-5-2-6-18(10-16)23-19(24)15(11-21)12-22-17-8-7-13-3-1-4-14(13)9-17/h2,5-10,12,22H,1,3-4H2,(H,23,24)/b15-12+. The normalized spacial score (nSPS) is 13.1. The molecule has 0 bridgehead atoms. The second-order valence-electron chi connectivity index (χ2n) is 5.62. The molecule has 0 heterocycles. The molecule has 2 aromatic rings. The number of hydrogen-bond acceptors (Lipinski definition) is 3. The van der Waals surface area contributed by atoms with Crippen LogP contribution in [0.3, 0.4) is 0 Å². The van der Waals surface area contributed by atoms with Gasteiger partial charge in [-0.25, -0.2) is 0 Å². The lowest BCUT2D eigenvalue weighted by Gasteiger charge is -2.07. The molecule has 1 aliphatic rings. The lowest BCUT2D eigenvalue weighted by atomic mass is 10.1. The van der Waals surface area contributed by atoms with Gasteiger partial charge in [0.25, 0.3) is 5.91 Å². The number of carbonyl (C=O) groups is 1. The highest BCUT2D eigenvalue weighted by Crippen LogP contribution is 2.25. The average Bonchev–Trinajstić information content (AvgIpc) is 3.03. The van der Waals surface area contributed by atoms with Gasteiger partial charge in [-0.15, -0.1) is 0 Å². The van der Waals surface area contributed by atoms with Crippen LogP contribution in [0, 0.1) is 11.3 Å². The average molecular weight is 338 g/mol. The number of aryl methyl sites for hydroxylation is 2. The molecule has 0 atom stereocenters. The maximum absolute atomic E-state index is 12.2. The highest BCUT2D eigenvalue weighted by Gasteiger charge is 2.12. The van der Waals surface area contributed by atoms with E-state index in [-0.39, 0.29) is 5.57 Å². The number of anilines is 2. The third-order valence-corrected chi connectivity index (χ3v) is 4.16. The number of nitrogens with zero attached hydrogens (tertiary/aromatic N) is 1. The predicted molar refractivity (Wildman–Crippen MR) is 95.9 cm³/mol. The topological polar surface area (TPSA) is 64.9 Å². The first-order valence-corrected chi connectivity index (χ1v) is 8.09. The Bertz CT molecular complexity index is 852. The minimum atomic E-state index is -0.478. The van der Waals surface area contributed by atoms with Gasteiger partial charge in [0.2, 0.25) is 0 Å². The van der Waals surface area contributed by atoms with Crippen LogP contribution in [0.5, 0.6) is 0 Å². The molecule has 0 saturated carbocycles. The van der Waals surface area contributed by atoms with E-state index in [9.17, 15) is 10.1 Å². The van der Waals surface area contributed by atoms with Crippen LogP contribution in [0.15, 0.2) is 54.2 Å². The molecule has 0 saturated heterocycles.